The van der Waals surface area contributed by atoms with E-state index in [-0.39, 0.29) is 6.09 Å². The monoisotopic (exact) mass is 383 g/mol. The zero-order valence-corrected chi connectivity index (χ0v) is 15.6. The van der Waals surface area contributed by atoms with E-state index in [1.165, 1.54) is 7.11 Å². The number of aromatic nitrogens is 3. The number of oxazole rings is 1. The van der Waals surface area contributed by atoms with Crippen molar-refractivity contribution >= 4 is 22.8 Å². The molecule has 1 aromatic carbocycles. The van der Waals surface area contributed by atoms with Gasteiger partial charge < -0.3 is 23.7 Å². The number of amides is 1. The fourth-order valence-corrected chi connectivity index (χ4v) is 3.62. The van der Waals surface area contributed by atoms with E-state index in [0.29, 0.717) is 51.3 Å². The molecule has 3 aromatic rings. The summed E-state index contributed by atoms with van der Waals surface area (Å²) in [6, 6.07) is 6.38. The second-order valence-corrected chi connectivity index (χ2v) is 7.01. The number of piperazine rings is 1. The topological polar surface area (TPSA) is 85.9 Å². The Hall–Kier alpha value is -3.07. The number of fused-ring (bicyclic) bond motifs is 1. The molecule has 0 unspecified atom stereocenters. The van der Waals surface area contributed by atoms with Crippen LogP contribution in [0.15, 0.2) is 35.1 Å². The van der Waals surface area contributed by atoms with Gasteiger partial charge in [-0.3, -0.25) is 4.68 Å². The third kappa shape index (κ3) is 2.88. The minimum atomic E-state index is -0.290. The fraction of sp³-hybridized carbons (Fsp3) is 0.421. The Labute approximate surface area is 161 Å². The Balaban J connectivity index is 1.35. The maximum absolute atomic E-state index is 11.6. The summed E-state index contributed by atoms with van der Waals surface area (Å²) in [4.78, 5) is 20.1. The molecular weight excluding hydrogens is 362 g/mol. The molecule has 2 aromatic heterocycles. The van der Waals surface area contributed by atoms with Crippen molar-refractivity contribution in [1.82, 2.24) is 19.7 Å². The molecule has 0 N–H and O–H groups in total. The van der Waals surface area contributed by atoms with Crippen molar-refractivity contribution in [3.8, 4) is 11.5 Å². The number of ether oxygens (including phenoxy) is 2. The molecule has 2 aliphatic heterocycles. The molecule has 2 aliphatic rings. The molecular formula is C19H21N5O4. The molecule has 9 nitrogen and oxygen atoms in total. The highest BCUT2D eigenvalue weighted by Gasteiger charge is 2.25. The van der Waals surface area contributed by atoms with E-state index in [4.69, 9.17) is 13.9 Å². The zero-order chi connectivity index (χ0) is 19.1. The van der Waals surface area contributed by atoms with Gasteiger partial charge in [0.25, 0.3) is 0 Å². The summed E-state index contributed by atoms with van der Waals surface area (Å²) in [6.45, 7) is 3.97. The van der Waals surface area contributed by atoms with Crippen LogP contribution in [-0.4, -0.2) is 72.3 Å². The lowest BCUT2D eigenvalue weighted by Gasteiger charge is -2.33. The van der Waals surface area contributed by atoms with Crippen molar-refractivity contribution in [1.29, 1.82) is 0 Å². The summed E-state index contributed by atoms with van der Waals surface area (Å²) in [5, 5.41) is 5.58. The first-order chi connectivity index (χ1) is 13.7. The molecule has 0 atom stereocenters. The van der Waals surface area contributed by atoms with Crippen molar-refractivity contribution in [3.63, 3.8) is 0 Å². The van der Waals surface area contributed by atoms with Crippen LogP contribution in [0.5, 0.6) is 0 Å². The Morgan fingerprint density at radius 1 is 1.21 bits per heavy atom. The number of methoxy groups -OCH3 is 1. The van der Waals surface area contributed by atoms with Crippen molar-refractivity contribution in [2.75, 3.05) is 51.4 Å². The van der Waals surface area contributed by atoms with Gasteiger partial charge in [0.05, 0.1) is 38.1 Å². The minimum absolute atomic E-state index is 0.290. The van der Waals surface area contributed by atoms with Gasteiger partial charge in [0.2, 0.25) is 5.89 Å². The molecule has 28 heavy (non-hydrogen) atoms. The van der Waals surface area contributed by atoms with Crippen LogP contribution in [0.2, 0.25) is 0 Å². The fourth-order valence-electron chi connectivity index (χ4n) is 3.62. The standard InChI is InChI=1S/C19H21N5O4/c1-26-19(25)23-6-4-22(5-7-23)17-12-28-18(21-17)13-2-3-14-9-20-24(16(14)8-13)15-10-27-11-15/h2-3,8-9,12,15H,4-7,10-11H2,1H3. The number of carbonyl (C=O) groups is 1. The SMILES string of the molecule is COC(=O)N1CCN(c2coc(-c3ccc4cnn(C5COC5)c4c3)n2)CC1. The molecule has 0 saturated carbocycles. The molecule has 0 spiro atoms. The second kappa shape index (κ2) is 6.83. The van der Waals surface area contributed by atoms with Crippen LogP contribution in [0.25, 0.3) is 22.4 Å². The highest BCUT2D eigenvalue weighted by molar-refractivity contribution is 5.83. The largest absolute Gasteiger partial charge is 0.453 e. The minimum Gasteiger partial charge on any atom is -0.453 e. The van der Waals surface area contributed by atoms with E-state index in [1.54, 1.807) is 11.2 Å². The van der Waals surface area contributed by atoms with E-state index in [9.17, 15) is 4.79 Å². The number of rotatable bonds is 3. The summed E-state index contributed by atoms with van der Waals surface area (Å²) in [6.07, 6.45) is 3.26. The molecule has 146 valence electrons. The lowest BCUT2D eigenvalue weighted by Crippen LogP contribution is -2.48. The Kier molecular flexibility index (Phi) is 4.16. The summed E-state index contributed by atoms with van der Waals surface area (Å²) >= 11 is 0. The predicted octanol–water partition coefficient (Wildman–Crippen LogP) is 2.15. The van der Waals surface area contributed by atoms with E-state index in [0.717, 1.165) is 22.3 Å². The molecule has 5 rings (SSSR count). The van der Waals surface area contributed by atoms with Crippen LogP contribution < -0.4 is 4.90 Å². The van der Waals surface area contributed by atoms with E-state index < -0.39 is 0 Å². The third-order valence-electron chi connectivity index (χ3n) is 5.34. The molecule has 9 heteroatoms. The lowest BCUT2D eigenvalue weighted by molar-refractivity contribution is -0.0266. The molecule has 1 amide bonds. The molecule has 0 aliphatic carbocycles. The van der Waals surface area contributed by atoms with Crippen LogP contribution in [0.4, 0.5) is 10.6 Å². The quantitative estimate of drug-likeness (QED) is 0.685. The summed E-state index contributed by atoms with van der Waals surface area (Å²) in [5.41, 5.74) is 1.96. The first-order valence-corrected chi connectivity index (χ1v) is 9.31. The van der Waals surface area contributed by atoms with Gasteiger partial charge in [-0.15, -0.1) is 0 Å². The average molecular weight is 383 g/mol. The maximum atomic E-state index is 11.6. The number of hydrogen-bond donors (Lipinski definition) is 0. The molecule has 0 radical (unpaired) electrons. The van der Waals surface area contributed by atoms with Crippen LogP contribution in [0, 0.1) is 0 Å². The van der Waals surface area contributed by atoms with E-state index in [2.05, 4.69) is 21.0 Å². The lowest BCUT2D eigenvalue weighted by atomic mass is 10.1. The van der Waals surface area contributed by atoms with Gasteiger partial charge in [-0.05, 0) is 12.1 Å². The highest BCUT2D eigenvalue weighted by Crippen LogP contribution is 2.29. The smallest absolute Gasteiger partial charge is 0.409 e. The number of nitrogens with zero attached hydrogens (tertiary/aromatic N) is 5. The van der Waals surface area contributed by atoms with Crippen molar-refractivity contribution in [2.45, 2.75) is 6.04 Å². The van der Waals surface area contributed by atoms with Gasteiger partial charge in [-0.1, -0.05) is 6.07 Å². The van der Waals surface area contributed by atoms with Gasteiger partial charge in [0, 0.05) is 37.1 Å². The van der Waals surface area contributed by atoms with E-state index >= 15 is 0 Å². The zero-order valence-electron chi connectivity index (χ0n) is 15.6. The van der Waals surface area contributed by atoms with Gasteiger partial charge in [0.15, 0.2) is 5.82 Å². The van der Waals surface area contributed by atoms with Crippen LogP contribution in [0.1, 0.15) is 6.04 Å². The average Bonchev–Trinajstić information content (AvgIpc) is 3.34. The first-order valence-electron chi connectivity index (χ1n) is 9.31. The molecule has 2 fully saturated rings. The second-order valence-electron chi connectivity index (χ2n) is 7.01. The van der Waals surface area contributed by atoms with E-state index in [1.807, 2.05) is 23.0 Å². The third-order valence-corrected chi connectivity index (χ3v) is 5.34. The van der Waals surface area contributed by atoms with Crippen LogP contribution in [-0.2, 0) is 9.47 Å². The van der Waals surface area contributed by atoms with Gasteiger partial charge in [-0.25, -0.2) is 4.79 Å². The predicted molar refractivity (Wildman–Crippen MR) is 101 cm³/mol. The number of carbonyl (C=O) groups excluding carboxylic acids is 1. The van der Waals surface area contributed by atoms with Crippen LogP contribution in [0.3, 0.4) is 0 Å². The molecule has 4 heterocycles. The van der Waals surface area contributed by atoms with Crippen molar-refractivity contribution in [2.24, 2.45) is 0 Å². The number of benzene rings is 1. The van der Waals surface area contributed by atoms with Crippen LogP contribution >= 0.6 is 0 Å². The Morgan fingerprint density at radius 3 is 2.75 bits per heavy atom. The van der Waals surface area contributed by atoms with Crippen molar-refractivity contribution in [3.05, 3.63) is 30.7 Å². The Bertz CT molecular complexity index is 1000. The highest BCUT2D eigenvalue weighted by atomic mass is 16.5. The number of anilines is 1. The van der Waals surface area contributed by atoms with Crippen molar-refractivity contribution < 1.29 is 18.7 Å². The summed E-state index contributed by atoms with van der Waals surface area (Å²) in [7, 11) is 1.40. The van der Waals surface area contributed by atoms with Gasteiger partial charge in [0.1, 0.15) is 6.26 Å². The van der Waals surface area contributed by atoms with Gasteiger partial charge >= 0.3 is 6.09 Å². The summed E-state index contributed by atoms with van der Waals surface area (Å²) < 4.78 is 17.8. The summed E-state index contributed by atoms with van der Waals surface area (Å²) in [5.74, 6) is 1.35. The molecule has 2 saturated heterocycles. The maximum Gasteiger partial charge on any atom is 0.409 e. The number of hydrogen-bond acceptors (Lipinski definition) is 7. The molecule has 0 bridgehead atoms. The van der Waals surface area contributed by atoms with Gasteiger partial charge in [-0.2, -0.15) is 10.1 Å². The normalized spacial score (nSPS) is 17.8. The first kappa shape index (κ1) is 17.1. The Morgan fingerprint density at radius 2 is 2.04 bits per heavy atom.